The Hall–Kier alpha value is -0.770. The predicted molar refractivity (Wildman–Crippen MR) is 50.7 cm³/mol. The summed E-state index contributed by atoms with van der Waals surface area (Å²) in [7, 11) is 0. The van der Waals surface area contributed by atoms with Crippen molar-refractivity contribution < 1.29 is 9.94 Å². The van der Waals surface area contributed by atoms with Gasteiger partial charge >= 0.3 is 0 Å². The zero-order valence-corrected chi connectivity index (χ0v) is 8.45. The number of nitrogens with zero attached hydrogens (tertiary/aromatic N) is 1. The van der Waals surface area contributed by atoms with E-state index in [-0.39, 0.29) is 23.3 Å². The van der Waals surface area contributed by atoms with Gasteiger partial charge in [-0.05, 0) is 11.8 Å². The van der Waals surface area contributed by atoms with Crippen molar-refractivity contribution in [3.63, 3.8) is 0 Å². The molecule has 0 unspecified atom stereocenters. The Morgan fingerprint density at radius 1 is 1.54 bits per heavy atom. The Morgan fingerprint density at radius 3 is 2.62 bits per heavy atom. The number of hydrogen-bond donors (Lipinski definition) is 2. The molecule has 13 heavy (non-hydrogen) atoms. The third-order valence-electron chi connectivity index (χ3n) is 2.44. The van der Waals surface area contributed by atoms with Crippen LogP contribution in [0.15, 0.2) is 5.16 Å². The van der Waals surface area contributed by atoms with E-state index in [1.54, 1.807) is 0 Å². The summed E-state index contributed by atoms with van der Waals surface area (Å²) in [5.74, 6) is 0.349. The van der Waals surface area contributed by atoms with Gasteiger partial charge in [0, 0.05) is 12.5 Å². The van der Waals surface area contributed by atoms with Gasteiger partial charge in [-0.2, -0.15) is 0 Å². The SMILES string of the molecule is CC(C)(C)[C@H]1OCC[C@@H]1C(N)=NO. The van der Waals surface area contributed by atoms with Crippen LogP contribution in [0.5, 0.6) is 0 Å². The summed E-state index contributed by atoms with van der Waals surface area (Å²) in [6, 6.07) is 0. The molecular weight excluding hydrogens is 168 g/mol. The van der Waals surface area contributed by atoms with Crippen LogP contribution in [0.2, 0.25) is 0 Å². The molecule has 0 aromatic carbocycles. The Kier molecular flexibility index (Phi) is 2.81. The van der Waals surface area contributed by atoms with E-state index in [0.29, 0.717) is 6.61 Å². The Balaban J connectivity index is 2.76. The molecule has 0 aliphatic carbocycles. The highest BCUT2D eigenvalue weighted by molar-refractivity contribution is 5.83. The molecule has 1 fully saturated rings. The van der Waals surface area contributed by atoms with E-state index in [2.05, 4.69) is 25.9 Å². The molecule has 4 heteroatoms. The fourth-order valence-electron chi connectivity index (χ4n) is 1.82. The van der Waals surface area contributed by atoms with Crippen LogP contribution in [-0.2, 0) is 4.74 Å². The maximum Gasteiger partial charge on any atom is 0.144 e. The first-order chi connectivity index (χ1) is 5.96. The summed E-state index contributed by atoms with van der Waals surface area (Å²) in [6.07, 6.45) is 0.904. The predicted octanol–water partition coefficient (Wildman–Crippen LogP) is 1.18. The van der Waals surface area contributed by atoms with Gasteiger partial charge in [0.25, 0.3) is 0 Å². The van der Waals surface area contributed by atoms with Crippen LogP contribution in [0.1, 0.15) is 27.2 Å². The number of rotatable bonds is 1. The van der Waals surface area contributed by atoms with Crippen molar-refractivity contribution in [2.24, 2.45) is 22.2 Å². The van der Waals surface area contributed by atoms with Crippen LogP contribution in [-0.4, -0.2) is 23.8 Å². The number of ether oxygens (including phenoxy) is 1. The molecule has 4 nitrogen and oxygen atoms in total. The van der Waals surface area contributed by atoms with Gasteiger partial charge in [-0.15, -0.1) is 0 Å². The first-order valence-electron chi connectivity index (χ1n) is 4.56. The van der Waals surface area contributed by atoms with Gasteiger partial charge in [-0.25, -0.2) is 0 Å². The van der Waals surface area contributed by atoms with Crippen molar-refractivity contribution in [2.45, 2.75) is 33.3 Å². The van der Waals surface area contributed by atoms with Crippen molar-refractivity contribution in [3.8, 4) is 0 Å². The second-order valence-corrected chi connectivity index (χ2v) is 4.58. The van der Waals surface area contributed by atoms with E-state index in [1.165, 1.54) is 0 Å². The van der Waals surface area contributed by atoms with Crippen molar-refractivity contribution in [2.75, 3.05) is 6.61 Å². The topological polar surface area (TPSA) is 67.8 Å². The average molecular weight is 186 g/mol. The Morgan fingerprint density at radius 2 is 2.15 bits per heavy atom. The van der Waals surface area contributed by atoms with Gasteiger partial charge in [0.15, 0.2) is 0 Å². The van der Waals surface area contributed by atoms with Crippen LogP contribution in [0, 0.1) is 11.3 Å². The Bertz CT molecular complexity index is 208. The summed E-state index contributed by atoms with van der Waals surface area (Å²) in [5.41, 5.74) is 5.62. The molecule has 0 aromatic heterocycles. The molecule has 0 bridgehead atoms. The molecule has 76 valence electrons. The van der Waals surface area contributed by atoms with E-state index in [0.717, 1.165) is 6.42 Å². The van der Waals surface area contributed by atoms with Crippen LogP contribution >= 0.6 is 0 Å². The van der Waals surface area contributed by atoms with Crippen LogP contribution in [0.3, 0.4) is 0 Å². The molecule has 0 spiro atoms. The molecule has 0 amide bonds. The molecule has 1 rings (SSSR count). The second kappa shape index (κ2) is 3.54. The lowest BCUT2D eigenvalue weighted by molar-refractivity contribution is 0.0181. The van der Waals surface area contributed by atoms with Crippen molar-refractivity contribution >= 4 is 5.84 Å². The standard InChI is InChI=1S/C9H18N2O2/c1-9(2,3)7-6(4-5-13-7)8(10)11-12/h6-7,12H,4-5H2,1-3H3,(H2,10,11)/t6-,7-/m0/s1. The summed E-state index contributed by atoms with van der Waals surface area (Å²) in [4.78, 5) is 0. The van der Waals surface area contributed by atoms with Gasteiger partial charge in [-0.3, -0.25) is 0 Å². The normalized spacial score (nSPS) is 30.8. The molecule has 1 heterocycles. The highest BCUT2D eigenvalue weighted by atomic mass is 16.5. The molecular formula is C9H18N2O2. The van der Waals surface area contributed by atoms with Gasteiger partial charge in [0.2, 0.25) is 0 Å². The highest BCUT2D eigenvalue weighted by Gasteiger charge is 2.39. The first kappa shape index (κ1) is 10.3. The minimum Gasteiger partial charge on any atom is -0.409 e. The summed E-state index contributed by atoms with van der Waals surface area (Å²) < 4.78 is 5.58. The lowest BCUT2D eigenvalue weighted by atomic mass is 9.81. The van der Waals surface area contributed by atoms with Gasteiger partial charge in [0.1, 0.15) is 5.84 Å². The second-order valence-electron chi connectivity index (χ2n) is 4.58. The minimum atomic E-state index is 0.0382. The fourth-order valence-corrected chi connectivity index (χ4v) is 1.82. The lowest BCUT2D eigenvalue weighted by Crippen LogP contribution is -2.38. The molecule has 1 saturated heterocycles. The van der Waals surface area contributed by atoms with E-state index in [4.69, 9.17) is 15.7 Å². The van der Waals surface area contributed by atoms with Crippen LogP contribution in [0.4, 0.5) is 0 Å². The Labute approximate surface area is 78.7 Å². The third kappa shape index (κ3) is 2.12. The van der Waals surface area contributed by atoms with Gasteiger partial charge < -0.3 is 15.7 Å². The maximum atomic E-state index is 8.59. The van der Waals surface area contributed by atoms with Gasteiger partial charge in [0.05, 0.1) is 6.10 Å². The molecule has 1 aliphatic heterocycles. The molecule has 0 radical (unpaired) electrons. The largest absolute Gasteiger partial charge is 0.409 e. The summed E-state index contributed by atoms with van der Waals surface area (Å²) in [6.45, 7) is 6.99. The van der Waals surface area contributed by atoms with E-state index in [9.17, 15) is 0 Å². The number of hydrogen-bond acceptors (Lipinski definition) is 3. The number of oxime groups is 1. The molecule has 2 atom stereocenters. The maximum absolute atomic E-state index is 8.59. The zero-order valence-electron chi connectivity index (χ0n) is 8.45. The minimum absolute atomic E-state index is 0.0382. The smallest absolute Gasteiger partial charge is 0.144 e. The zero-order chi connectivity index (χ0) is 10.1. The molecule has 3 N–H and O–H groups in total. The number of nitrogens with two attached hydrogens (primary N) is 1. The quantitative estimate of drug-likeness (QED) is 0.280. The summed E-state index contributed by atoms with van der Waals surface area (Å²) >= 11 is 0. The number of amidine groups is 1. The highest BCUT2D eigenvalue weighted by Crippen LogP contribution is 2.34. The van der Waals surface area contributed by atoms with Crippen LogP contribution < -0.4 is 5.73 Å². The summed E-state index contributed by atoms with van der Waals surface area (Å²) in [5, 5.41) is 11.6. The van der Waals surface area contributed by atoms with Crippen LogP contribution in [0.25, 0.3) is 0 Å². The van der Waals surface area contributed by atoms with Crippen molar-refractivity contribution in [1.82, 2.24) is 0 Å². The monoisotopic (exact) mass is 186 g/mol. The van der Waals surface area contributed by atoms with Gasteiger partial charge in [-0.1, -0.05) is 25.9 Å². The van der Waals surface area contributed by atoms with Crippen molar-refractivity contribution in [3.05, 3.63) is 0 Å². The van der Waals surface area contributed by atoms with E-state index < -0.39 is 0 Å². The third-order valence-corrected chi connectivity index (χ3v) is 2.44. The molecule has 0 saturated carbocycles. The van der Waals surface area contributed by atoms with E-state index in [1.807, 2.05) is 0 Å². The molecule has 1 aliphatic rings. The fraction of sp³-hybridized carbons (Fsp3) is 0.889. The average Bonchev–Trinajstić information content (AvgIpc) is 2.49. The van der Waals surface area contributed by atoms with E-state index >= 15 is 0 Å². The van der Waals surface area contributed by atoms with Crippen molar-refractivity contribution in [1.29, 1.82) is 0 Å². The molecule has 0 aromatic rings. The lowest BCUT2D eigenvalue weighted by Gasteiger charge is -2.30. The first-order valence-corrected chi connectivity index (χ1v) is 4.56.